The summed E-state index contributed by atoms with van der Waals surface area (Å²) in [6.45, 7) is 8.33. The second kappa shape index (κ2) is 6.41. The van der Waals surface area contributed by atoms with Crippen LogP contribution in [-0.2, 0) is 15.0 Å². The molecule has 0 aliphatic carbocycles. The number of carboxylic acids is 1. The summed E-state index contributed by atoms with van der Waals surface area (Å²) in [5, 5.41) is 9.28. The Morgan fingerprint density at radius 2 is 2.05 bits per heavy atom. The molecule has 7 heteroatoms. The van der Waals surface area contributed by atoms with E-state index in [-0.39, 0.29) is 18.4 Å². The number of rotatable bonds is 6. The average molecular weight is 306 g/mol. The van der Waals surface area contributed by atoms with Crippen molar-refractivity contribution < 1.29 is 18.3 Å². The molecule has 20 heavy (non-hydrogen) atoms. The first-order valence-corrected chi connectivity index (χ1v) is 8.49. The van der Waals surface area contributed by atoms with Crippen LogP contribution in [0.15, 0.2) is 0 Å². The number of aliphatic carboxylic acids is 1. The van der Waals surface area contributed by atoms with E-state index < -0.39 is 21.6 Å². The van der Waals surface area contributed by atoms with Crippen LogP contribution in [0.25, 0.3) is 0 Å². The van der Waals surface area contributed by atoms with Gasteiger partial charge in [-0.05, 0) is 38.5 Å². The Balaban J connectivity index is 2.76. The molecule has 0 radical (unpaired) electrons. The summed E-state index contributed by atoms with van der Waals surface area (Å²) >= 11 is 0. The van der Waals surface area contributed by atoms with Crippen molar-refractivity contribution in [3.8, 4) is 0 Å². The van der Waals surface area contributed by atoms with Gasteiger partial charge >= 0.3 is 5.97 Å². The number of hydrogen-bond acceptors (Lipinski definition) is 3. The Bertz CT molecular complexity index is 445. The van der Waals surface area contributed by atoms with E-state index in [9.17, 15) is 18.3 Å². The molecular weight excluding hydrogens is 280 g/mol. The lowest BCUT2D eigenvalue weighted by atomic mass is 9.75. The first-order chi connectivity index (χ1) is 9.07. The molecule has 0 bridgehead atoms. The summed E-state index contributed by atoms with van der Waals surface area (Å²) in [4.78, 5) is 11.3. The fourth-order valence-electron chi connectivity index (χ4n) is 2.29. The quantitative estimate of drug-likeness (QED) is 0.774. The van der Waals surface area contributed by atoms with E-state index >= 15 is 0 Å². The van der Waals surface area contributed by atoms with Gasteiger partial charge in [0.05, 0.1) is 5.41 Å². The van der Waals surface area contributed by atoms with Crippen LogP contribution in [0.3, 0.4) is 0 Å². The molecule has 1 unspecified atom stereocenters. The number of piperidine rings is 1. The van der Waals surface area contributed by atoms with Gasteiger partial charge in [-0.3, -0.25) is 4.79 Å². The first kappa shape index (κ1) is 17.4. The van der Waals surface area contributed by atoms with Crippen molar-refractivity contribution >= 4 is 16.2 Å². The van der Waals surface area contributed by atoms with Crippen molar-refractivity contribution in [2.75, 3.05) is 19.6 Å². The molecule has 1 fully saturated rings. The molecule has 6 nitrogen and oxygen atoms in total. The highest BCUT2D eigenvalue weighted by molar-refractivity contribution is 7.87. The molecular formula is C13H26N2O4S. The summed E-state index contributed by atoms with van der Waals surface area (Å²) in [7, 11) is -3.51. The van der Waals surface area contributed by atoms with Gasteiger partial charge in [-0.15, -0.1) is 0 Å². The summed E-state index contributed by atoms with van der Waals surface area (Å²) in [5.74, 6) is -0.804. The zero-order valence-corrected chi connectivity index (χ0v) is 13.5. The molecule has 0 saturated carbocycles. The Morgan fingerprint density at radius 3 is 2.55 bits per heavy atom. The minimum Gasteiger partial charge on any atom is -0.481 e. The normalized spacial score (nSPS) is 22.1. The number of nitrogens with one attached hydrogen (secondary N) is 1. The Kier molecular flexibility index (Phi) is 5.57. The zero-order valence-electron chi connectivity index (χ0n) is 12.7. The van der Waals surface area contributed by atoms with Crippen molar-refractivity contribution in [3.63, 3.8) is 0 Å². The van der Waals surface area contributed by atoms with Gasteiger partial charge in [-0.2, -0.15) is 12.7 Å². The van der Waals surface area contributed by atoms with Gasteiger partial charge in [0.2, 0.25) is 0 Å². The van der Waals surface area contributed by atoms with Crippen molar-refractivity contribution in [2.24, 2.45) is 17.3 Å². The lowest BCUT2D eigenvalue weighted by molar-refractivity contribution is -0.151. The van der Waals surface area contributed by atoms with E-state index in [0.29, 0.717) is 19.5 Å². The maximum Gasteiger partial charge on any atom is 0.309 e. The molecule has 1 aliphatic heterocycles. The molecule has 1 aliphatic rings. The van der Waals surface area contributed by atoms with Gasteiger partial charge in [0.25, 0.3) is 10.2 Å². The van der Waals surface area contributed by atoms with Crippen LogP contribution in [0.1, 0.15) is 40.5 Å². The third-order valence-electron chi connectivity index (χ3n) is 3.97. The third kappa shape index (κ3) is 4.17. The molecule has 0 spiro atoms. The number of nitrogens with zero attached hydrogens (tertiary/aromatic N) is 1. The van der Waals surface area contributed by atoms with Crippen LogP contribution < -0.4 is 4.72 Å². The molecule has 0 amide bonds. The summed E-state index contributed by atoms with van der Waals surface area (Å²) < 4.78 is 28.4. The Morgan fingerprint density at radius 1 is 1.45 bits per heavy atom. The van der Waals surface area contributed by atoms with Gasteiger partial charge in [-0.1, -0.05) is 13.8 Å². The highest BCUT2D eigenvalue weighted by atomic mass is 32.2. The van der Waals surface area contributed by atoms with Crippen LogP contribution in [0.2, 0.25) is 0 Å². The molecule has 0 aromatic heterocycles. The lowest BCUT2D eigenvalue weighted by Crippen LogP contribution is -2.50. The monoisotopic (exact) mass is 306 g/mol. The fraction of sp³-hybridized carbons (Fsp3) is 0.923. The van der Waals surface area contributed by atoms with E-state index in [2.05, 4.69) is 4.72 Å². The van der Waals surface area contributed by atoms with E-state index in [1.165, 1.54) is 4.31 Å². The maximum atomic E-state index is 12.2. The van der Waals surface area contributed by atoms with Gasteiger partial charge < -0.3 is 5.11 Å². The summed E-state index contributed by atoms with van der Waals surface area (Å²) in [5.41, 5.74) is -0.910. The van der Waals surface area contributed by atoms with Crippen LogP contribution >= 0.6 is 0 Å². The SMILES string of the molecule is CC(C)CNS(=O)(=O)N1CCCC(C(C)(C)C(=O)O)C1. The van der Waals surface area contributed by atoms with Crippen molar-refractivity contribution in [3.05, 3.63) is 0 Å². The maximum absolute atomic E-state index is 12.2. The highest BCUT2D eigenvalue weighted by Crippen LogP contribution is 2.34. The predicted molar refractivity (Wildman–Crippen MR) is 77.5 cm³/mol. The van der Waals surface area contributed by atoms with Gasteiger partial charge in [0.15, 0.2) is 0 Å². The van der Waals surface area contributed by atoms with Crippen LogP contribution in [0.5, 0.6) is 0 Å². The van der Waals surface area contributed by atoms with E-state index in [1.807, 2.05) is 13.8 Å². The van der Waals surface area contributed by atoms with Crippen molar-refractivity contribution in [1.82, 2.24) is 9.03 Å². The molecule has 0 aromatic carbocycles. The fourth-order valence-corrected chi connectivity index (χ4v) is 3.76. The zero-order chi connectivity index (χ0) is 15.6. The lowest BCUT2D eigenvalue weighted by Gasteiger charge is -2.38. The predicted octanol–water partition coefficient (Wildman–Crippen LogP) is 1.30. The Hall–Kier alpha value is -0.660. The standard InChI is InChI=1S/C13H26N2O4S/c1-10(2)8-14-20(18,19)15-7-5-6-11(9-15)13(3,4)12(16)17/h10-11,14H,5-9H2,1-4H3,(H,16,17). The summed E-state index contributed by atoms with van der Waals surface area (Å²) in [6, 6.07) is 0. The molecule has 0 aromatic rings. The largest absolute Gasteiger partial charge is 0.481 e. The number of hydrogen-bond donors (Lipinski definition) is 2. The third-order valence-corrected chi connectivity index (χ3v) is 5.51. The minimum absolute atomic E-state index is 0.163. The van der Waals surface area contributed by atoms with E-state index in [4.69, 9.17) is 0 Å². The van der Waals surface area contributed by atoms with Crippen LogP contribution in [-0.4, -0.2) is 43.4 Å². The second-order valence-corrected chi connectivity index (χ2v) is 8.23. The van der Waals surface area contributed by atoms with Gasteiger partial charge in [-0.25, -0.2) is 4.72 Å². The molecule has 2 N–H and O–H groups in total. The van der Waals surface area contributed by atoms with Crippen molar-refractivity contribution in [2.45, 2.75) is 40.5 Å². The molecule has 1 atom stereocenters. The van der Waals surface area contributed by atoms with Crippen molar-refractivity contribution in [1.29, 1.82) is 0 Å². The first-order valence-electron chi connectivity index (χ1n) is 7.05. The van der Waals surface area contributed by atoms with Crippen LogP contribution in [0.4, 0.5) is 0 Å². The number of carboxylic acid groups (broad SMARTS) is 1. The molecule has 1 heterocycles. The molecule has 1 rings (SSSR count). The molecule has 1 saturated heterocycles. The smallest absolute Gasteiger partial charge is 0.309 e. The molecule has 118 valence electrons. The summed E-state index contributed by atoms with van der Waals surface area (Å²) in [6.07, 6.45) is 1.44. The minimum atomic E-state index is -3.51. The topological polar surface area (TPSA) is 86.7 Å². The number of carbonyl (C=O) groups is 1. The average Bonchev–Trinajstić information content (AvgIpc) is 2.36. The highest BCUT2D eigenvalue weighted by Gasteiger charge is 2.41. The van der Waals surface area contributed by atoms with Crippen LogP contribution in [0, 0.1) is 17.3 Å². The van der Waals surface area contributed by atoms with E-state index in [0.717, 1.165) is 6.42 Å². The second-order valence-electron chi connectivity index (χ2n) is 6.47. The Labute approximate surface area is 121 Å². The van der Waals surface area contributed by atoms with E-state index in [1.54, 1.807) is 13.8 Å². The van der Waals surface area contributed by atoms with Gasteiger partial charge in [0, 0.05) is 19.6 Å². The van der Waals surface area contributed by atoms with Gasteiger partial charge in [0.1, 0.15) is 0 Å².